The molecule has 15 rings (SSSR count). The van der Waals surface area contributed by atoms with Gasteiger partial charge in [-0.3, -0.25) is 79.9 Å². The molecule has 0 spiro atoms. The first kappa shape index (κ1) is 94.2. The van der Waals surface area contributed by atoms with Gasteiger partial charge < -0.3 is 56.6 Å². The number of ether oxygens (including phenoxy) is 1. The number of pyridine rings is 7. The number of nitrogens with two attached hydrogens (primary N) is 1. The van der Waals surface area contributed by atoms with Gasteiger partial charge in [0.05, 0.1) is 77.9 Å². The number of aromatic amines is 6. The number of hydrogen-bond acceptors (Lipinski definition) is 27. The van der Waals surface area contributed by atoms with Crippen molar-refractivity contribution in [1.29, 1.82) is 0 Å². The molecule has 614 valence electrons. The quantitative estimate of drug-likeness (QED) is 0.0101. The minimum Gasteiger partial charge on any atom is -0.508 e. The van der Waals surface area contributed by atoms with Crippen molar-refractivity contribution in [2.75, 3.05) is 14.2 Å². The lowest BCUT2D eigenvalue weighted by Gasteiger charge is -2.05. The standard InChI is InChI=1S/C16H14N4O3.C10H9N3O2.C9H8BrN3.C9H8N6.C9H10N4.C9H9N3O.C7H7NO.C7H6O4.C2H4O2.CH4O.BrH/c21-12-1-2-13(15(22)8-12)16(23)18-9-11-7-14(20-19-11)10-3-5-17-6-4-10;1-15-10(14)9-6-8(12-13-9)7-2-4-11-5-3-7;10-6-8-5-9(13-12-8)7-1-3-11-4-2-7;10-15-12-6-8-5-9(14-13-8)7-1-3-11-4-2-7;10-6-8-5-9(13-12-8)7-1-3-11-4-2-7;13-6-8-5-9(12-11-8)7-1-3-10-4-2-7;1-6(9)7-2-4-8-5-3-7;8-4-1-2-5(7(10)11)6(9)3-4;1-2(3)4;1-2;/h1-8,21-22H,9H2,(H,18,23)(H,19,20);2-6H,1H3,(H,12,13);1-5H,6H2,(H,12,13);1-5H,6H2,(H,13,14);1-5H,6,10H2,(H,12,13);1-5,13H,6H2,(H,11,12);2-5H,1H3;1-3,8-9H,(H,10,11);1H3,(H,3,4);2H,1H3;1H. The van der Waals surface area contributed by atoms with Crippen LogP contribution in [0.3, 0.4) is 0 Å². The lowest BCUT2D eigenvalue weighted by atomic mass is 10.1. The number of methoxy groups -OCH3 is 1. The fraction of sp³-hybridized carbons (Fsp3) is 0.114. The predicted octanol–water partition coefficient (Wildman–Crippen LogP) is 12.0. The van der Waals surface area contributed by atoms with Gasteiger partial charge in [-0.25, -0.2) is 9.59 Å². The normalized spacial score (nSPS) is 9.65. The number of azide groups is 1. The van der Waals surface area contributed by atoms with Crippen molar-refractivity contribution in [3.8, 4) is 90.5 Å². The largest absolute Gasteiger partial charge is 0.508 e. The van der Waals surface area contributed by atoms with Crippen LogP contribution in [0.1, 0.15) is 83.9 Å². The summed E-state index contributed by atoms with van der Waals surface area (Å²) in [6.07, 6.45) is 23.8. The molecular formula is C79H80Br2N24O14. The number of aliphatic hydroxyl groups excluding tert-OH is 2. The van der Waals surface area contributed by atoms with Crippen LogP contribution in [0.4, 0.5) is 0 Å². The molecule has 0 radical (unpaired) electrons. The van der Waals surface area contributed by atoms with E-state index in [1.54, 1.807) is 105 Å². The highest BCUT2D eigenvalue weighted by molar-refractivity contribution is 9.08. The second kappa shape index (κ2) is 52.1. The van der Waals surface area contributed by atoms with Crippen LogP contribution >= 0.6 is 32.9 Å². The number of carbonyl (C=O) groups is 5. The number of nitrogens with zero attached hydrogens (tertiary/aromatic N) is 16. The Morgan fingerprint density at radius 1 is 0.462 bits per heavy atom. The van der Waals surface area contributed by atoms with Crippen molar-refractivity contribution in [2.24, 2.45) is 10.8 Å². The first-order valence-corrected chi connectivity index (χ1v) is 35.6. The van der Waals surface area contributed by atoms with Crippen molar-refractivity contribution in [3.63, 3.8) is 0 Å². The smallest absolute Gasteiger partial charge is 0.356 e. The Hall–Kier alpha value is -15.4. The van der Waals surface area contributed by atoms with Crippen LogP contribution < -0.4 is 11.1 Å². The molecule has 13 heterocycles. The monoisotopic (exact) mass is 1750 g/mol. The molecule has 0 aliphatic rings. The molecule has 0 saturated heterocycles. The number of halogens is 2. The SMILES string of the molecule is Br.BrCc1cc(-c2ccncc2)n[nH]1.CC(=O)O.CC(=O)c1ccncc1.CO.COC(=O)c1cc(-c2ccncc2)n[nH]1.NCc1cc(-c2ccncc2)n[nH]1.O=C(NCc1cc(-c2ccncc2)n[nH]1)c1ccc(O)cc1O.O=C(O)c1ccc(O)cc1O.OCc1cc(-c2ccncc2)n[nH]1.[N-]=[N+]=NCc1cc(-c2ccncc2)n[nH]1. The summed E-state index contributed by atoms with van der Waals surface area (Å²) >= 11 is 3.36. The highest BCUT2D eigenvalue weighted by atomic mass is 79.9. The van der Waals surface area contributed by atoms with Gasteiger partial charge in [0.1, 0.15) is 34.3 Å². The second-order valence-corrected chi connectivity index (χ2v) is 23.6. The first-order chi connectivity index (χ1) is 57.2. The van der Waals surface area contributed by atoms with Gasteiger partial charge in [0, 0.05) is 186 Å². The second-order valence-electron chi connectivity index (χ2n) is 23.1. The number of phenols is 4. The number of H-pyrrole nitrogens is 6. The summed E-state index contributed by atoms with van der Waals surface area (Å²) in [5.74, 6) is -3.81. The zero-order valence-electron chi connectivity index (χ0n) is 63.7. The third-order valence-corrected chi connectivity index (χ3v) is 15.4. The van der Waals surface area contributed by atoms with Crippen LogP contribution in [0.5, 0.6) is 23.0 Å². The molecule has 13 aromatic heterocycles. The number of alkyl halides is 1. The van der Waals surface area contributed by atoms with E-state index in [-0.39, 0.29) is 70.8 Å². The van der Waals surface area contributed by atoms with Crippen molar-refractivity contribution in [2.45, 2.75) is 45.4 Å². The molecule has 17 N–H and O–H groups in total. The van der Waals surface area contributed by atoms with Crippen molar-refractivity contribution in [3.05, 3.63) is 306 Å². The molecule has 0 aliphatic heterocycles. The minimum atomic E-state index is -1.22. The molecule has 0 bridgehead atoms. The number of carboxylic acids is 2. The van der Waals surface area contributed by atoms with E-state index in [9.17, 15) is 29.4 Å². The number of carboxylic acid groups (broad SMARTS) is 2. The van der Waals surface area contributed by atoms with E-state index in [0.29, 0.717) is 29.2 Å². The average Bonchev–Trinajstić information content (AvgIpc) is 1.78. The van der Waals surface area contributed by atoms with Crippen LogP contribution in [0.2, 0.25) is 0 Å². The topological polar surface area (TPSA) is 606 Å². The Labute approximate surface area is 696 Å². The van der Waals surface area contributed by atoms with E-state index in [4.69, 9.17) is 46.7 Å². The van der Waals surface area contributed by atoms with Crippen LogP contribution in [0, 0.1) is 0 Å². The van der Waals surface area contributed by atoms with Crippen molar-refractivity contribution >= 4 is 62.5 Å². The van der Waals surface area contributed by atoms with Gasteiger partial charge in [-0.15, -0.1) is 17.0 Å². The predicted molar refractivity (Wildman–Crippen MR) is 445 cm³/mol. The molecular weight excluding hydrogens is 1670 g/mol. The third-order valence-electron chi connectivity index (χ3n) is 14.8. The maximum Gasteiger partial charge on any atom is 0.356 e. The highest BCUT2D eigenvalue weighted by Gasteiger charge is 2.15. The molecule has 0 unspecified atom stereocenters. The Balaban J connectivity index is 0.000000242. The van der Waals surface area contributed by atoms with Gasteiger partial charge in [-0.05, 0) is 158 Å². The number of Topliss-reactive ketones (excluding diaryl/α,β-unsaturated/α-hetero) is 1. The number of aromatic nitrogens is 19. The van der Waals surface area contributed by atoms with Crippen LogP contribution in [-0.2, 0) is 41.1 Å². The Morgan fingerprint density at radius 2 is 0.782 bits per heavy atom. The molecule has 1 amide bonds. The number of aliphatic carboxylic acids is 1. The number of nitrogens with one attached hydrogen (secondary N) is 7. The number of hydrogen-bond donors (Lipinski definition) is 16. The zero-order chi connectivity index (χ0) is 85.4. The fourth-order valence-electron chi connectivity index (χ4n) is 9.17. The number of esters is 1. The van der Waals surface area contributed by atoms with Crippen molar-refractivity contribution < 1.29 is 69.6 Å². The number of rotatable bonds is 17. The van der Waals surface area contributed by atoms with Crippen LogP contribution in [-0.4, -0.2) is 181 Å². The number of benzene rings is 2. The molecule has 0 aliphatic carbocycles. The molecule has 2 aromatic carbocycles. The van der Waals surface area contributed by atoms with Gasteiger partial charge in [-0.2, -0.15) is 30.6 Å². The zero-order valence-corrected chi connectivity index (χ0v) is 67.0. The van der Waals surface area contributed by atoms with E-state index in [2.05, 4.69) is 132 Å². The number of carbonyl (C=O) groups excluding carboxylic acids is 3. The Kier molecular flexibility index (Phi) is 41.3. The summed E-state index contributed by atoms with van der Waals surface area (Å²) in [4.78, 5) is 83.1. The van der Waals surface area contributed by atoms with E-state index >= 15 is 0 Å². The molecule has 0 saturated carbocycles. The summed E-state index contributed by atoms with van der Waals surface area (Å²) in [5.41, 5.74) is 29.7. The lowest BCUT2D eigenvalue weighted by Crippen LogP contribution is -2.23. The number of phenolic OH excluding ortho intramolecular Hbond substituents is 3. The van der Waals surface area contributed by atoms with Gasteiger partial charge >= 0.3 is 11.9 Å². The van der Waals surface area contributed by atoms with E-state index < -0.39 is 29.6 Å². The highest BCUT2D eigenvalue weighted by Crippen LogP contribution is 2.26. The summed E-state index contributed by atoms with van der Waals surface area (Å²) in [6, 6.07) is 44.1. The fourth-order valence-corrected chi connectivity index (χ4v) is 9.46. The third kappa shape index (κ3) is 33.0. The van der Waals surface area contributed by atoms with E-state index in [1.807, 2.05) is 103 Å². The maximum atomic E-state index is 12.0. The van der Waals surface area contributed by atoms with Gasteiger partial charge in [0.25, 0.3) is 11.9 Å². The summed E-state index contributed by atoms with van der Waals surface area (Å²) in [6.45, 7) is 3.61. The number of aliphatic hydroxyl groups is 2. The molecule has 119 heavy (non-hydrogen) atoms. The number of amides is 1. The summed E-state index contributed by atoms with van der Waals surface area (Å²) < 4.78 is 4.56. The number of aromatic carboxylic acids is 1. The summed E-state index contributed by atoms with van der Waals surface area (Å²) in [7, 11) is 2.33. The average molecular weight is 1750 g/mol. The van der Waals surface area contributed by atoms with Crippen LogP contribution in [0.25, 0.3) is 78.0 Å². The first-order valence-electron chi connectivity index (χ1n) is 34.4. The number of aromatic hydroxyl groups is 4. The molecule has 0 fully saturated rings. The maximum absolute atomic E-state index is 12.0. The van der Waals surface area contributed by atoms with E-state index in [1.165, 1.54) is 32.2 Å². The lowest BCUT2D eigenvalue weighted by molar-refractivity contribution is -0.134. The Morgan fingerprint density at radius 3 is 1.10 bits per heavy atom. The van der Waals surface area contributed by atoms with E-state index in [0.717, 1.165) is 122 Å². The van der Waals surface area contributed by atoms with Gasteiger partial charge in [0.15, 0.2) is 5.78 Å². The molecule has 40 heteroatoms. The van der Waals surface area contributed by atoms with Crippen molar-refractivity contribution in [1.82, 2.24) is 101 Å². The molecule has 15 aromatic rings. The minimum absolute atomic E-state index is 0. The van der Waals surface area contributed by atoms with Crippen LogP contribution in [0.15, 0.2) is 250 Å². The van der Waals surface area contributed by atoms with Gasteiger partial charge in [-0.1, -0.05) is 21.0 Å². The number of ketones is 1. The molecule has 0 atom stereocenters. The van der Waals surface area contributed by atoms with Gasteiger partial charge in [0.2, 0.25) is 0 Å². The Bertz CT molecular complexity index is 5350. The summed E-state index contributed by atoms with van der Waals surface area (Å²) in [5, 5.41) is 117. The molecule has 38 nitrogen and oxygen atoms in total.